The maximum Gasteiger partial charge on any atom is 0.684 e. The molecule has 4 heterocycles. The van der Waals surface area contributed by atoms with Gasteiger partial charge in [-0.1, -0.05) is 146 Å². The van der Waals surface area contributed by atoms with E-state index in [2.05, 4.69) is 143 Å². The smallest absolute Gasteiger partial charge is 0.616 e. The lowest BCUT2D eigenvalue weighted by Gasteiger charge is -2.53. The van der Waals surface area contributed by atoms with Crippen LogP contribution in [0.2, 0.25) is 0 Å². The van der Waals surface area contributed by atoms with Gasteiger partial charge < -0.3 is 27.6 Å². The van der Waals surface area contributed by atoms with E-state index in [1.54, 1.807) is 0 Å². The quantitative estimate of drug-likeness (QED) is 0.148. The number of nitrogens with zero attached hydrogens (tertiary/aromatic N) is 2. The monoisotopic (exact) mass is 754 g/mol. The first-order chi connectivity index (χ1) is 28.7. The molecule has 0 amide bonds. The van der Waals surface area contributed by atoms with Crippen molar-refractivity contribution >= 4 is 24.3 Å². The molecule has 0 unspecified atom stereocenters. The minimum Gasteiger partial charge on any atom is -0.616 e. The van der Waals surface area contributed by atoms with Gasteiger partial charge in [-0.25, -0.2) is 0 Å². The Kier molecular flexibility index (Phi) is 8.17. The molecule has 1 fully saturated rings. The maximum absolute atomic E-state index is 6.75. The lowest BCUT2D eigenvalue weighted by Crippen LogP contribution is -2.78. The van der Waals surface area contributed by atoms with E-state index < -0.39 is 13.4 Å². The summed E-state index contributed by atoms with van der Waals surface area (Å²) < 4.78 is 31.2. The van der Waals surface area contributed by atoms with Crippen molar-refractivity contribution in [1.29, 1.82) is 0 Å². The predicted molar refractivity (Wildman–Crippen MR) is 227 cm³/mol. The molecule has 280 valence electrons. The highest BCUT2D eigenvalue weighted by Crippen LogP contribution is 2.66. The van der Waals surface area contributed by atoms with Crippen LogP contribution in [0.4, 0.5) is 0 Å². The molecule has 2 aliphatic heterocycles. The molecule has 0 bridgehead atoms. The number of aromatic nitrogens is 2. The number of para-hydroxylation sites is 4. The molecule has 8 heteroatoms. The van der Waals surface area contributed by atoms with Crippen LogP contribution < -0.4 is 38.5 Å². The molecule has 0 N–H and O–H groups in total. The molecule has 0 saturated heterocycles. The summed E-state index contributed by atoms with van der Waals surface area (Å²) in [7, 11) is 0. The van der Waals surface area contributed by atoms with Gasteiger partial charge in [0.15, 0.2) is 0 Å². The van der Waals surface area contributed by atoms with E-state index in [4.69, 9.17) is 18.6 Å². The molecule has 0 radical (unpaired) electrons. The lowest BCUT2D eigenvalue weighted by molar-refractivity contribution is -0.566. The third-order valence-electron chi connectivity index (χ3n) is 12.5. The summed E-state index contributed by atoms with van der Waals surface area (Å²) in [5.41, 5.74) is 7.13. The van der Waals surface area contributed by atoms with Crippen molar-refractivity contribution in [2.75, 3.05) is 0 Å². The van der Waals surface area contributed by atoms with Gasteiger partial charge in [0.1, 0.15) is 47.8 Å². The van der Waals surface area contributed by atoms with E-state index in [1.807, 2.05) is 84.9 Å². The number of pyridine rings is 2. The third kappa shape index (κ3) is 5.51. The van der Waals surface area contributed by atoms with Crippen LogP contribution in [0.15, 0.2) is 219 Å². The van der Waals surface area contributed by atoms with Crippen LogP contribution in [-0.4, -0.2) is 13.4 Å². The van der Waals surface area contributed by atoms with Gasteiger partial charge in [-0.3, -0.25) is 0 Å². The first kappa shape index (κ1) is 34.2. The normalized spacial score (nSPS) is 20.6. The molecular weight excluding hydrogens is 714 g/mol. The SMILES string of the molecule is c1ccc(C2C(c3cc[n+]([B-]4(c5ccccc5)Oc5ccccc5O4)cc3)C(c3ccccc3)C2c2cc[n+]([B-]3(c4ccccc4)Oc4ccccc4O3)cc2)cc1. The topological polar surface area (TPSA) is 44.7 Å². The summed E-state index contributed by atoms with van der Waals surface area (Å²) in [5, 5.41) is 0. The van der Waals surface area contributed by atoms with Gasteiger partial charge in [0.25, 0.3) is 0 Å². The minimum absolute atomic E-state index is 0.204. The molecule has 11 rings (SSSR count). The highest BCUT2D eigenvalue weighted by atomic mass is 16.7. The zero-order valence-electron chi connectivity index (χ0n) is 31.8. The van der Waals surface area contributed by atoms with Crippen molar-refractivity contribution in [2.45, 2.75) is 23.7 Å². The molecule has 2 aromatic heterocycles. The molecular formula is C50H40B2N2O4. The fourth-order valence-electron chi connectivity index (χ4n) is 9.83. The van der Waals surface area contributed by atoms with Crippen LogP contribution in [0.25, 0.3) is 0 Å². The Morgan fingerprint density at radius 1 is 0.276 bits per heavy atom. The summed E-state index contributed by atoms with van der Waals surface area (Å²) in [5.74, 6) is 3.81. The van der Waals surface area contributed by atoms with Crippen molar-refractivity contribution in [3.8, 4) is 23.0 Å². The third-order valence-corrected chi connectivity index (χ3v) is 12.5. The zero-order valence-corrected chi connectivity index (χ0v) is 31.8. The Hall–Kier alpha value is -7.05. The number of rotatable bonds is 8. The second kappa shape index (κ2) is 13.9. The molecule has 0 spiro atoms. The van der Waals surface area contributed by atoms with E-state index in [9.17, 15) is 0 Å². The fourth-order valence-corrected chi connectivity index (χ4v) is 9.83. The van der Waals surface area contributed by atoms with E-state index in [0.29, 0.717) is 0 Å². The van der Waals surface area contributed by atoms with Crippen LogP contribution >= 0.6 is 0 Å². The zero-order chi connectivity index (χ0) is 38.5. The van der Waals surface area contributed by atoms with Gasteiger partial charge >= 0.3 is 13.4 Å². The van der Waals surface area contributed by atoms with Crippen LogP contribution in [0.5, 0.6) is 23.0 Å². The molecule has 1 saturated carbocycles. The summed E-state index contributed by atoms with van der Waals surface area (Å²) in [6.07, 6.45) is 8.56. The first-order valence-corrected chi connectivity index (χ1v) is 20.2. The Labute approximate surface area is 338 Å². The van der Waals surface area contributed by atoms with Crippen molar-refractivity contribution in [3.63, 3.8) is 0 Å². The highest BCUT2D eigenvalue weighted by molar-refractivity contribution is 6.76. The summed E-state index contributed by atoms with van der Waals surface area (Å²) >= 11 is 0. The second-order valence-corrected chi connectivity index (χ2v) is 15.6. The van der Waals surface area contributed by atoms with Crippen molar-refractivity contribution < 1.29 is 27.6 Å². The van der Waals surface area contributed by atoms with E-state index in [1.165, 1.54) is 22.3 Å². The van der Waals surface area contributed by atoms with Crippen molar-refractivity contribution in [1.82, 2.24) is 0 Å². The van der Waals surface area contributed by atoms with Gasteiger partial charge in [0, 0.05) is 24.3 Å². The Bertz CT molecular complexity index is 2460. The van der Waals surface area contributed by atoms with Crippen LogP contribution in [0, 0.1) is 0 Å². The van der Waals surface area contributed by atoms with Gasteiger partial charge in [0.2, 0.25) is 0 Å². The average molecular weight is 755 g/mol. The molecule has 58 heavy (non-hydrogen) atoms. The summed E-state index contributed by atoms with van der Waals surface area (Å²) in [6.45, 7) is -4.11. The summed E-state index contributed by atoms with van der Waals surface area (Å²) in [6, 6.07) is 67.4. The molecule has 3 aliphatic rings. The molecule has 6 nitrogen and oxygen atoms in total. The number of hydrogen-bond donors (Lipinski definition) is 0. The molecule has 8 aromatic rings. The Morgan fingerprint density at radius 2 is 0.517 bits per heavy atom. The van der Waals surface area contributed by atoms with Crippen molar-refractivity contribution in [2.24, 2.45) is 0 Å². The first-order valence-electron chi connectivity index (χ1n) is 20.2. The highest BCUT2D eigenvalue weighted by Gasteiger charge is 2.56. The van der Waals surface area contributed by atoms with Gasteiger partial charge in [-0.15, -0.1) is 0 Å². The van der Waals surface area contributed by atoms with E-state index >= 15 is 0 Å². The molecule has 1 aliphatic carbocycles. The molecule has 6 aromatic carbocycles. The standard InChI is InChI=1S/C50H40B2N2O4/c1-5-17-37(18-6-1)47-49(39-29-33-53(34-30-39)51(41-21-9-3-10-22-41)55-43-25-13-14-26-44(43)56-51)48(38-19-7-2-8-20-38)50(47)40-31-35-54(36-32-40)52(42-23-11-4-12-24-42)57-45-27-15-16-28-46(45)58-52/h1-36,47-50H. The predicted octanol–water partition coefficient (Wildman–Crippen LogP) is 8.04. The lowest BCUT2D eigenvalue weighted by atomic mass is 9.49. The van der Waals surface area contributed by atoms with E-state index in [-0.39, 0.29) is 23.7 Å². The van der Waals surface area contributed by atoms with Gasteiger partial charge in [-0.05, 0) is 81.1 Å². The fraction of sp³-hybridized carbons (Fsp3) is 0.0800. The number of fused-ring (bicyclic) bond motifs is 2. The van der Waals surface area contributed by atoms with Crippen LogP contribution in [0.1, 0.15) is 45.9 Å². The largest absolute Gasteiger partial charge is 0.684 e. The maximum atomic E-state index is 6.75. The second-order valence-electron chi connectivity index (χ2n) is 15.6. The summed E-state index contributed by atoms with van der Waals surface area (Å²) in [4.78, 5) is 0. The van der Waals surface area contributed by atoms with Crippen molar-refractivity contribution in [3.05, 3.63) is 241 Å². The number of hydrogen-bond acceptors (Lipinski definition) is 4. The van der Waals surface area contributed by atoms with Gasteiger partial charge in [-0.2, -0.15) is 0 Å². The Morgan fingerprint density at radius 3 is 0.810 bits per heavy atom. The van der Waals surface area contributed by atoms with Gasteiger partial charge in [0.05, 0.1) is 0 Å². The van der Waals surface area contributed by atoms with Crippen LogP contribution in [0.3, 0.4) is 0 Å². The van der Waals surface area contributed by atoms with Crippen LogP contribution in [-0.2, 0) is 0 Å². The van der Waals surface area contributed by atoms with E-state index in [0.717, 1.165) is 33.9 Å². The molecule has 0 atom stereocenters. The number of benzene rings is 6. The Balaban J connectivity index is 0.993. The average Bonchev–Trinajstić information content (AvgIpc) is 3.89. The minimum atomic E-state index is -2.06.